The standard InChI is InChI=1S/C12H16N4O4/c1-2-16(10-6-20-5-9(10)11(17)18)12(19)15-8-3-13-7-14-4-8/h3-4,7,9-10H,2,5-6H2,1H3,(H,15,19)(H,17,18). The fourth-order valence-electron chi connectivity index (χ4n) is 2.17. The first kappa shape index (κ1) is 14.2. The Balaban J connectivity index is 2.07. The number of aromatic nitrogens is 2. The van der Waals surface area contributed by atoms with Crippen LogP contribution in [0.25, 0.3) is 0 Å². The molecule has 1 aliphatic rings. The number of carboxylic acids is 1. The number of ether oxygens (including phenoxy) is 1. The maximum Gasteiger partial charge on any atom is 0.322 e. The van der Waals surface area contributed by atoms with Crippen molar-refractivity contribution in [3.05, 3.63) is 18.7 Å². The fraction of sp³-hybridized carbons (Fsp3) is 0.500. The highest BCUT2D eigenvalue weighted by Crippen LogP contribution is 2.20. The molecule has 8 nitrogen and oxygen atoms in total. The first-order chi connectivity index (χ1) is 9.63. The molecule has 0 aromatic carbocycles. The van der Waals surface area contributed by atoms with E-state index in [1.165, 1.54) is 23.6 Å². The molecular formula is C12H16N4O4. The molecule has 2 heterocycles. The molecule has 20 heavy (non-hydrogen) atoms. The molecule has 2 N–H and O–H groups in total. The maximum atomic E-state index is 12.2. The summed E-state index contributed by atoms with van der Waals surface area (Å²) in [5.74, 6) is -1.66. The maximum absolute atomic E-state index is 12.2. The molecule has 108 valence electrons. The monoisotopic (exact) mass is 280 g/mol. The minimum Gasteiger partial charge on any atom is -0.481 e. The zero-order valence-electron chi connectivity index (χ0n) is 11.0. The Hall–Kier alpha value is -2.22. The van der Waals surface area contributed by atoms with Gasteiger partial charge < -0.3 is 20.1 Å². The van der Waals surface area contributed by atoms with Gasteiger partial charge in [0.15, 0.2) is 0 Å². The summed E-state index contributed by atoms with van der Waals surface area (Å²) in [7, 11) is 0. The van der Waals surface area contributed by atoms with E-state index in [1.807, 2.05) is 0 Å². The van der Waals surface area contributed by atoms with Crippen LogP contribution in [0.15, 0.2) is 18.7 Å². The van der Waals surface area contributed by atoms with Gasteiger partial charge in [-0.1, -0.05) is 0 Å². The number of carbonyl (C=O) groups is 2. The molecule has 1 saturated heterocycles. The normalized spacial score (nSPS) is 21.4. The Morgan fingerprint density at radius 1 is 1.45 bits per heavy atom. The van der Waals surface area contributed by atoms with E-state index < -0.39 is 17.9 Å². The Bertz CT molecular complexity index is 482. The minimum absolute atomic E-state index is 0.123. The Morgan fingerprint density at radius 3 is 2.75 bits per heavy atom. The number of carbonyl (C=O) groups excluding carboxylic acids is 1. The van der Waals surface area contributed by atoms with Gasteiger partial charge >= 0.3 is 12.0 Å². The summed E-state index contributed by atoms with van der Waals surface area (Å²) in [6.45, 7) is 2.53. The zero-order chi connectivity index (χ0) is 14.5. The number of hydrogen-bond donors (Lipinski definition) is 2. The highest BCUT2D eigenvalue weighted by molar-refractivity contribution is 5.89. The van der Waals surface area contributed by atoms with E-state index in [-0.39, 0.29) is 19.2 Å². The summed E-state index contributed by atoms with van der Waals surface area (Å²) in [4.78, 5) is 32.4. The van der Waals surface area contributed by atoms with Crippen molar-refractivity contribution in [1.29, 1.82) is 0 Å². The van der Waals surface area contributed by atoms with Crippen molar-refractivity contribution < 1.29 is 19.4 Å². The van der Waals surface area contributed by atoms with Crippen molar-refractivity contribution in [3.63, 3.8) is 0 Å². The SMILES string of the molecule is CCN(C(=O)Nc1cncnc1)C1COCC1C(=O)O. The Kier molecular flexibility index (Phi) is 4.46. The van der Waals surface area contributed by atoms with Gasteiger partial charge in [-0.2, -0.15) is 0 Å². The first-order valence-electron chi connectivity index (χ1n) is 6.26. The Labute approximate surface area is 115 Å². The van der Waals surface area contributed by atoms with Gasteiger partial charge in [-0.15, -0.1) is 0 Å². The van der Waals surface area contributed by atoms with Crippen LogP contribution < -0.4 is 5.32 Å². The number of carboxylic acid groups (broad SMARTS) is 1. The molecule has 2 rings (SSSR count). The number of likely N-dealkylation sites (N-methyl/N-ethyl adjacent to an activating group) is 1. The number of nitrogens with one attached hydrogen (secondary N) is 1. The van der Waals surface area contributed by atoms with Crippen molar-refractivity contribution in [1.82, 2.24) is 14.9 Å². The molecule has 0 aliphatic carbocycles. The lowest BCUT2D eigenvalue weighted by Gasteiger charge is -2.29. The van der Waals surface area contributed by atoms with Crippen LogP contribution in [0.2, 0.25) is 0 Å². The molecule has 0 saturated carbocycles. The predicted molar refractivity (Wildman–Crippen MR) is 69.2 cm³/mol. The quantitative estimate of drug-likeness (QED) is 0.828. The van der Waals surface area contributed by atoms with Crippen LogP contribution in [0, 0.1) is 5.92 Å². The summed E-state index contributed by atoms with van der Waals surface area (Å²) in [5.41, 5.74) is 0.460. The third-order valence-electron chi connectivity index (χ3n) is 3.18. The largest absolute Gasteiger partial charge is 0.481 e. The van der Waals surface area contributed by atoms with Crippen LogP contribution >= 0.6 is 0 Å². The number of nitrogens with zero attached hydrogens (tertiary/aromatic N) is 3. The molecule has 1 aromatic rings. The van der Waals surface area contributed by atoms with Crippen molar-refractivity contribution >= 4 is 17.7 Å². The van der Waals surface area contributed by atoms with Crippen LogP contribution in [-0.4, -0.2) is 57.8 Å². The number of aliphatic carboxylic acids is 1. The number of rotatable bonds is 4. The second-order valence-corrected chi connectivity index (χ2v) is 4.39. The smallest absolute Gasteiger partial charge is 0.322 e. The van der Waals surface area contributed by atoms with Crippen LogP contribution in [-0.2, 0) is 9.53 Å². The molecule has 1 aliphatic heterocycles. The second-order valence-electron chi connectivity index (χ2n) is 4.39. The topological polar surface area (TPSA) is 105 Å². The molecule has 0 spiro atoms. The van der Waals surface area contributed by atoms with Crippen molar-refractivity contribution in [2.45, 2.75) is 13.0 Å². The molecule has 8 heteroatoms. The highest BCUT2D eigenvalue weighted by atomic mass is 16.5. The second kappa shape index (κ2) is 6.29. The van der Waals surface area contributed by atoms with E-state index in [0.717, 1.165) is 0 Å². The van der Waals surface area contributed by atoms with Crippen molar-refractivity contribution in [2.24, 2.45) is 5.92 Å². The minimum atomic E-state index is -0.957. The Morgan fingerprint density at radius 2 is 2.15 bits per heavy atom. The molecular weight excluding hydrogens is 264 g/mol. The third-order valence-corrected chi connectivity index (χ3v) is 3.18. The third kappa shape index (κ3) is 3.02. The summed E-state index contributed by atoms with van der Waals surface area (Å²) in [6.07, 6.45) is 4.30. The number of amides is 2. The van der Waals surface area contributed by atoms with Gasteiger partial charge in [-0.3, -0.25) is 4.79 Å². The average Bonchev–Trinajstić information content (AvgIpc) is 2.90. The van der Waals surface area contributed by atoms with E-state index >= 15 is 0 Å². The zero-order valence-corrected chi connectivity index (χ0v) is 11.0. The summed E-state index contributed by atoms with van der Waals surface area (Å²) >= 11 is 0. The van der Waals surface area contributed by atoms with E-state index in [0.29, 0.717) is 12.2 Å². The van der Waals surface area contributed by atoms with E-state index in [9.17, 15) is 9.59 Å². The molecule has 1 aromatic heterocycles. The van der Waals surface area contributed by atoms with Crippen LogP contribution in [0.3, 0.4) is 0 Å². The molecule has 2 amide bonds. The molecule has 1 fully saturated rings. The van der Waals surface area contributed by atoms with E-state index in [2.05, 4.69) is 15.3 Å². The molecule has 0 radical (unpaired) electrons. The van der Waals surface area contributed by atoms with E-state index in [1.54, 1.807) is 6.92 Å². The van der Waals surface area contributed by atoms with Gasteiger partial charge in [-0.05, 0) is 6.92 Å². The van der Waals surface area contributed by atoms with Gasteiger partial charge in [0, 0.05) is 6.54 Å². The van der Waals surface area contributed by atoms with Crippen LogP contribution in [0.4, 0.5) is 10.5 Å². The van der Waals surface area contributed by atoms with E-state index in [4.69, 9.17) is 9.84 Å². The van der Waals surface area contributed by atoms with Gasteiger partial charge in [0.2, 0.25) is 0 Å². The lowest BCUT2D eigenvalue weighted by atomic mass is 10.0. The number of hydrogen-bond acceptors (Lipinski definition) is 5. The molecule has 2 unspecified atom stereocenters. The van der Waals surface area contributed by atoms with Crippen molar-refractivity contribution in [3.8, 4) is 0 Å². The predicted octanol–water partition coefficient (Wildman–Crippen LogP) is 0.430. The number of urea groups is 1. The molecule has 0 bridgehead atoms. The summed E-state index contributed by atoms with van der Waals surface area (Å²) in [5, 5.41) is 11.8. The van der Waals surface area contributed by atoms with Gasteiger partial charge in [0.1, 0.15) is 12.2 Å². The van der Waals surface area contributed by atoms with Crippen molar-refractivity contribution in [2.75, 3.05) is 25.1 Å². The summed E-state index contributed by atoms with van der Waals surface area (Å²) in [6, 6.07) is -0.855. The van der Waals surface area contributed by atoms with Gasteiger partial charge in [0.05, 0.1) is 37.3 Å². The highest BCUT2D eigenvalue weighted by Gasteiger charge is 2.39. The van der Waals surface area contributed by atoms with Crippen LogP contribution in [0.1, 0.15) is 6.92 Å². The average molecular weight is 280 g/mol. The lowest BCUT2D eigenvalue weighted by molar-refractivity contribution is -0.142. The molecule has 2 atom stereocenters. The fourth-order valence-corrected chi connectivity index (χ4v) is 2.17. The summed E-state index contributed by atoms with van der Waals surface area (Å²) < 4.78 is 5.19. The van der Waals surface area contributed by atoms with Gasteiger partial charge in [-0.25, -0.2) is 14.8 Å². The number of anilines is 1. The first-order valence-corrected chi connectivity index (χ1v) is 6.26. The van der Waals surface area contributed by atoms with Crippen LogP contribution in [0.5, 0.6) is 0 Å². The van der Waals surface area contributed by atoms with Gasteiger partial charge in [0.25, 0.3) is 0 Å². The lowest BCUT2D eigenvalue weighted by Crippen LogP contribution is -2.48.